The van der Waals surface area contributed by atoms with Crippen LogP contribution in [0.4, 0.5) is 0 Å². The lowest BCUT2D eigenvalue weighted by molar-refractivity contribution is 0.0108. The molecular weight excluding hydrogens is 102 g/mol. The highest BCUT2D eigenvalue weighted by Gasteiger charge is 2.17. The molecular formula is C6H15NO. The first-order valence-corrected chi connectivity index (χ1v) is 2.93. The van der Waals surface area contributed by atoms with Gasteiger partial charge in [-0.25, -0.2) is 0 Å². The molecule has 0 heterocycles. The Morgan fingerprint density at radius 2 is 2.12 bits per heavy atom. The maximum absolute atomic E-state index is 5.40. The first-order valence-electron chi connectivity index (χ1n) is 2.93. The van der Waals surface area contributed by atoms with Gasteiger partial charge in [-0.1, -0.05) is 6.92 Å². The van der Waals surface area contributed by atoms with Crippen molar-refractivity contribution < 1.29 is 4.74 Å². The third-order valence-electron chi connectivity index (χ3n) is 1.67. The lowest BCUT2D eigenvalue weighted by Crippen LogP contribution is -2.35. The van der Waals surface area contributed by atoms with Gasteiger partial charge in [0.15, 0.2) is 0 Å². The Kier molecular flexibility index (Phi) is 3.02. The first kappa shape index (κ1) is 7.92. The second-order valence-electron chi connectivity index (χ2n) is 2.21. The minimum Gasteiger partial charge on any atom is -0.377 e. The standard InChI is InChI=1S/C6H15NO/c1-4-6(2,5-7)8-3/h4-5,7H2,1-3H3/t6-/m1/s1. The summed E-state index contributed by atoms with van der Waals surface area (Å²) in [5, 5.41) is 0. The zero-order valence-corrected chi connectivity index (χ0v) is 5.90. The van der Waals surface area contributed by atoms with E-state index in [0.29, 0.717) is 6.54 Å². The van der Waals surface area contributed by atoms with Gasteiger partial charge in [-0.15, -0.1) is 0 Å². The molecule has 2 heteroatoms. The molecule has 2 N–H and O–H groups in total. The maximum Gasteiger partial charge on any atom is 0.0769 e. The second kappa shape index (κ2) is 3.05. The van der Waals surface area contributed by atoms with E-state index in [0.717, 1.165) is 6.42 Å². The Morgan fingerprint density at radius 1 is 1.62 bits per heavy atom. The Morgan fingerprint density at radius 3 is 2.12 bits per heavy atom. The largest absolute Gasteiger partial charge is 0.377 e. The van der Waals surface area contributed by atoms with Crippen molar-refractivity contribution in [1.29, 1.82) is 0 Å². The van der Waals surface area contributed by atoms with Crippen LogP contribution in [0.1, 0.15) is 20.3 Å². The average molecular weight is 117 g/mol. The molecule has 0 saturated carbocycles. The summed E-state index contributed by atoms with van der Waals surface area (Å²) in [7, 11) is 1.69. The van der Waals surface area contributed by atoms with E-state index in [1.807, 2.05) is 6.92 Å². The van der Waals surface area contributed by atoms with Crippen LogP contribution in [-0.2, 0) is 4.74 Å². The van der Waals surface area contributed by atoms with Crippen molar-refractivity contribution in [3.05, 3.63) is 0 Å². The summed E-state index contributed by atoms with van der Waals surface area (Å²) in [4.78, 5) is 0. The summed E-state index contributed by atoms with van der Waals surface area (Å²) in [6.45, 7) is 4.67. The molecule has 50 valence electrons. The van der Waals surface area contributed by atoms with Crippen molar-refractivity contribution in [3.63, 3.8) is 0 Å². The molecule has 0 aromatic rings. The first-order chi connectivity index (χ1) is 3.68. The number of rotatable bonds is 3. The van der Waals surface area contributed by atoms with Gasteiger partial charge < -0.3 is 10.5 Å². The summed E-state index contributed by atoms with van der Waals surface area (Å²) in [5.41, 5.74) is 5.31. The smallest absolute Gasteiger partial charge is 0.0769 e. The van der Waals surface area contributed by atoms with Gasteiger partial charge in [0, 0.05) is 13.7 Å². The number of ether oxygens (including phenoxy) is 1. The SMILES string of the molecule is CC[C@](C)(CN)OC. The third kappa shape index (κ3) is 1.80. The van der Waals surface area contributed by atoms with Crippen LogP contribution < -0.4 is 5.73 Å². The molecule has 0 aromatic carbocycles. The van der Waals surface area contributed by atoms with Gasteiger partial charge in [-0.05, 0) is 13.3 Å². The van der Waals surface area contributed by atoms with E-state index < -0.39 is 0 Å². The van der Waals surface area contributed by atoms with Crippen LogP contribution in [0, 0.1) is 0 Å². The van der Waals surface area contributed by atoms with Gasteiger partial charge in [-0.3, -0.25) is 0 Å². The zero-order valence-electron chi connectivity index (χ0n) is 5.90. The van der Waals surface area contributed by atoms with E-state index in [4.69, 9.17) is 10.5 Å². The molecule has 2 nitrogen and oxygen atoms in total. The number of methoxy groups -OCH3 is 1. The van der Waals surface area contributed by atoms with Gasteiger partial charge in [0.2, 0.25) is 0 Å². The monoisotopic (exact) mass is 117 g/mol. The summed E-state index contributed by atoms with van der Waals surface area (Å²) >= 11 is 0. The van der Waals surface area contributed by atoms with Crippen molar-refractivity contribution >= 4 is 0 Å². The third-order valence-corrected chi connectivity index (χ3v) is 1.67. The fraction of sp³-hybridized carbons (Fsp3) is 1.00. The van der Waals surface area contributed by atoms with E-state index in [-0.39, 0.29) is 5.60 Å². The quantitative estimate of drug-likeness (QED) is 0.592. The van der Waals surface area contributed by atoms with E-state index >= 15 is 0 Å². The Hall–Kier alpha value is -0.0800. The van der Waals surface area contributed by atoms with Crippen LogP contribution in [0.15, 0.2) is 0 Å². The average Bonchev–Trinajstić information content (AvgIpc) is 1.87. The van der Waals surface area contributed by atoms with Crippen molar-refractivity contribution in [2.75, 3.05) is 13.7 Å². The normalized spacial score (nSPS) is 18.0. The van der Waals surface area contributed by atoms with Crippen molar-refractivity contribution in [3.8, 4) is 0 Å². The fourth-order valence-electron chi connectivity index (χ4n) is 0.372. The van der Waals surface area contributed by atoms with Crippen LogP contribution in [0.25, 0.3) is 0 Å². The number of hydrogen-bond donors (Lipinski definition) is 1. The predicted octanol–water partition coefficient (Wildman–Crippen LogP) is 0.760. The molecule has 0 aliphatic carbocycles. The second-order valence-corrected chi connectivity index (χ2v) is 2.21. The number of nitrogens with two attached hydrogens (primary N) is 1. The Balaban J connectivity index is 3.58. The lowest BCUT2D eigenvalue weighted by Gasteiger charge is -2.23. The summed E-state index contributed by atoms with van der Waals surface area (Å²) in [6, 6.07) is 0. The van der Waals surface area contributed by atoms with E-state index in [9.17, 15) is 0 Å². The molecule has 0 spiro atoms. The van der Waals surface area contributed by atoms with Gasteiger partial charge >= 0.3 is 0 Å². The molecule has 0 aromatic heterocycles. The van der Waals surface area contributed by atoms with Gasteiger partial charge in [0.1, 0.15) is 0 Å². The van der Waals surface area contributed by atoms with E-state index in [1.165, 1.54) is 0 Å². The topological polar surface area (TPSA) is 35.2 Å². The highest BCUT2D eigenvalue weighted by Crippen LogP contribution is 2.10. The van der Waals surface area contributed by atoms with Crippen LogP contribution >= 0.6 is 0 Å². The van der Waals surface area contributed by atoms with Crippen LogP contribution in [0.5, 0.6) is 0 Å². The van der Waals surface area contributed by atoms with Crippen LogP contribution in [0.3, 0.4) is 0 Å². The van der Waals surface area contributed by atoms with Gasteiger partial charge in [0.05, 0.1) is 5.60 Å². The summed E-state index contributed by atoms with van der Waals surface area (Å²) in [5.74, 6) is 0. The lowest BCUT2D eigenvalue weighted by atomic mass is 10.0. The molecule has 0 fully saturated rings. The minimum atomic E-state index is -0.0972. The highest BCUT2D eigenvalue weighted by atomic mass is 16.5. The molecule has 0 radical (unpaired) electrons. The molecule has 0 saturated heterocycles. The van der Waals surface area contributed by atoms with Gasteiger partial charge in [-0.2, -0.15) is 0 Å². The number of hydrogen-bond acceptors (Lipinski definition) is 2. The molecule has 0 amide bonds. The van der Waals surface area contributed by atoms with Crippen LogP contribution in [0.2, 0.25) is 0 Å². The molecule has 8 heavy (non-hydrogen) atoms. The summed E-state index contributed by atoms with van der Waals surface area (Å²) < 4.78 is 5.11. The van der Waals surface area contributed by atoms with Crippen LogP contribution in [-0.4, -0.2) is 19.3 Å². The predicted molar refractivity (Wildman–Crippen MR) is 34.8 cm³/mol. The molecule has 0 bridgehead atoms. The summed E-state index contributed by atoms with van der Waals surface area (Å²) in [6.07, 6.45) is 0.972. The Bertz CT molecular complexity index is 51.3. The molecule has 0 rings (SSSR count). The maximum atomic E-state index is 5.40. The zero-order chi connectivity index (χ0) is 6.62. The highest BCUT2D eigenvalue weighted by molar-refractivity contribution is 4.72. The van der Waals surface area contributed by atoms with E-state index in [2.05, 4.69) is 6.92 Å². The van der Waals surface area contributed by atoms with E-state index in [1.54, 1.807) is 7.11 Å². The van der Waals surface area contributed by atoms with Crippen molar-refractivity contribution in [2.24, 2.45) is 5.73 Å². The van der Waals surface area contributed by atoms with Crippen molar-refractivity contribution in [2.45, 2.75) is 25.9 Å². The molecule has 0 aliphatic rings. The van der Waals surface area contributed by atoms with Crippen molar-refractivity contribution in [1.82, 2.24) is 0 Å². The Labute approximate surface area is 51.0 Å². The minimum absolute atomic E-state index is 0.0972. The molecule has 0 aliphatic heterocycles. The van der Waals surface area contributed by atoms with Gasteiger partial charge in [0.25, 0.3) is 0 Å². The fourth-order valence-corrected chi connectivity index (χ4v) is 0.372. The molecule has 0 unspecified atom stereocenters. The molecule has 1 atom stereocenters.